The first-order valence-electron chi connectivity index (χ1n) is 6.62. The molecule has 0 atom stereocenters. The quantitative estimate of drug-likeness (QED) is 0.534. The number of nitrogens with one attached hydrogen (secondary N) is 1. The van der Waals surface area contributed by atoms with Crippen molar-refractivity contribution in [2.24, 2.45) is 0 Å². The highest BCUT2D eigenvalue weighted by Gasteiger charge is 2.27. The van der Waals surface area contributed by atoms with E-state index in [2.05, 4.69) is 5.32 Å². The van der Waals surface area contributed by atoms with Crippen LogP contribution in [0.1, 0.15) is 10.4 Å². The number of amides is 3. The fourth-order valence-corrected chi connectivity index (χ4v) is 2.08. The SMILES string of the molecule is O=C1CN(c2ccc(C(=O)Oc3ccccc3)cc2)C(=O)N1. The summed E-state index contributed by atoms with van der Waals surface area (Å²) in [6.45, 7) is -0.0212. The maximum atomic E-state index is 12.0. The number of urea groups is 1. The van der Waals surface area contributed by atoms with Crippen LogP contribution in [-0.4, -0.2) is 24.5 Å². The van der Waals surface area contributed by atoms with Crippen LogP contribution in [0.2, 0.25) is 0 Å². The molecule has 1 fully saturated rings. The Labute approximate surface area is 126 Å². The van der Waals surface area contributed by atoms with E-state index in [9.17, 15) is 14.4 Å². The van der Waals surface area contributed by atoms with Crippen LogP contribution in [0.25, 0.3) is 0 Å². The lowest BCUT2D eigenvalue weighted by molar-refractivity contribution is -0.117. The largest absolute Gasteiger partial charge is 0.423 e. The second-order valence-corrected chi connectivity index (χ2v) is 4.69. The Kier molecular flexibility index (Phi) is 3.57. The number of para-hydroxylation sites is 1. The first-order valence-corrected chi connectivity index (χ1v) is 6.62. The van der Waals surface area contributed by atoms with E-state index in [1.165, 1.54) is 4.90 Å². The zero-order valence-corrected chi connectivity index (χ0v) is 11.5. The molecule has 22 heavy (non-hydrogen) atoms. The van der Waals surface area contributed by atoms with E-state index in [-0.39, 0.29) is 12.5 Å². The van der Waals surface area contributed by atoms with Gasteiger partial charge in [0.25, 0.3) is 0 Å². The average Bonchev–Trinajstić information content (AvgIpc) is 2.87. The molecule has 6 heteroatoms. The van der Waals surface area contributed by atoms with Crippen LogP contribution in [0.15, 0.2) is 54.6 Å². The van der Waals surface area contributed by atoms with Gasteiger partial charge in [0.2, 0.25) is 5.91 Å². The van der Waals surface area contributed by atoms with E-state index in [1.54, 1.807) is 48.5 Å². The van der Waals surface area contributed by atoms with Gasteiger partial charge >= 0.3 is 12.0 Å². The van der Waals surface area contributed by atoms with Crippen molar-refractivity contribution >= 4 is 23.6 Å². The first kappa shape index (κ1) is 13.8. The molecule has 0 spiro atoms. The smallest absolute Gasteiger partial charge is 0.343 e. The number of carbonyl (C=O) groups excluding carboxylic acids is 3. The van der Waals surface area contributed by atoms with E-state index in [4.69, 9.17) is 4.74 Å². The van der Waals surface area contributed by atoms with Gasteiger partial charge in [0.05, 0.1) is 5.56 Å². The molecular weight excluding hydrogens is 284 g/mol. The molecule has 1 heterocycles. The summed E-state index contributed by atoms with van der Waals surface area (Å²) in [7, 11) is 0. The highest BCUT2D eigenvalue weighted by atomic mass is 16.5. The fourth-order valence-electron chi connectivity index (χ4n) is 2.08. The summed E-state index contributed by atoms with van der Waals surface area (Å²) in [5, 5.41) is 2.19. The number of hydrogen-bond donors (Lipinski definition) is 1. The van der Waals surface area contributed by atoms with Crippen molar-refractivity contribution in [3.8, 4) is 5.75 Å². The lowest BCUT2D eigenvalue weighted by atomic mass is 10.2. The van der Waals surface area contributed by atoms with Crippen LogP contribution in [0, 0.1) is 0 Å². The zero-order valence-electron chi connectivity index (χ0n) is 11.5. The Morgan fingerprint density at radius 1 is 1.00 bits per heavy atom. The highest BCUT2D eigenvalue weighted by Crippen LogP contribution is 2.19. The van der Waals surface area contributed by atoms with Gasteiger partial charge in [-0.1, -0.05) is 18.2 Å². The molecule has 2 aromatic carbocycles. The summed E-state index contributed by atoms with van der Waals surface area (Å²) in [4.78, 5) is 36.0. The van der Waals surface area contributed by atoms with Crippen molar-refractivity contribution in [2.75, 3.05) is 11.4 Å². The molecule has 1 aliphatic rings. The monoisotopic (exact) mass is 296 g/mol. The van der Waals surface area contributed by atoms with Gasteiger partial charge in [-0.15, -0.1) is 0 Å². The number of benzene rings is 2. The summed E-state index contributed by atoms with van der Waals surface area (Å²) in [6, 6.07) is 14.6. The lowest BCUT2D eigenvalue weighted by Gasteiger charge is -2.13. The molecule has 0 aromatic heterocycles. The number of carbonyl (C=O) groups is 3. The molecule has 0 saturated carbocycles. The van der Waals surface area contributed by atoms with Crippen LogP contribution in [0.5, 0.6) is 5.75 Å². The fraction of sp³-hybridized carbons (Fsp3) is 0.0625. The third kappa shape index (κ3) is 2.80. The van der Waals surface area contributed by atoms with Crippen molar-refractivity contribution in [3.05, 3.63) is 60.2 Å². The number of imide groups is 1. The van der Waals surface area contributed by atoms with Gasteiger partial charge in [-0.3, -0.25) is 15.0 Å². The topological polar surface area (TPSA) is 75.7 Å². The molecule has 3 rings (SSSR count). The molecule has 3 amide bonds. The van der Waals surface area contributed by atoms with Gasteiger partial charge in [-0.05, 0) is 36.4 Å². The molecule has 2 aromatic rings. The standard InChI is InChI=1S/C16H12N2O4/c19-14-10-18(16(21)17-14)12-8-6-11(7-9-12)15(20)22-13-4-2-1-3-5-13/h1-9H,10H2,(H,17,19,21). The number of rotatable bonds is 3. The van der Waals surface area contributed by atoms with E-state index in [0.717, 1.165) is 0 Å². The minimum atomic E-state index is -0.486. The second-order valence-electron chi connectivity index (χ2n) is 4.69. The van der Waals surface area contributed by atoms with Crippen LogP contribution in [0.4, 0.5) is 10.5 Å². The molecular formula is C16H12N2O4. The molecule has 1 saturated heterocycles. The predicted octanol–water partition coefficient (Wildman–Crippen LogP) is 1.96. The summed E-state index contributed by atoms with van der Waals surface area (Å²) >= 11 is 0. The summed E-state index contributed by atoms with van der Waals surface area (Å²) in [5.74, 6) is -0.377. The number of anilines is 1. The van der Waals surface area contributed by atoms with Crippen molar-refractivity contribution in [1.82, 2.24) is 5.32 Å². The maximum Gasteiger partial charge on any atom is 0.343 e. The Bertz CT molecular complexity index is 726. The van der Waals surface area contributed by atoms with E-state index in [1.807, 2.05) is 6.07 Å². The molecule has 0 aliphatic carbocycles. The van der Waals surface area contributed by atoms with Crippen molar-refractivity contribution in [2.45, 2.75) is 0 Å². The number of nitrogens with zero attached hydrogens (tertiary/aromatic N) is 1. The van der Waals surface area contributed by atoms with E-state index in [0.29, 0.717) is 17.0 Å². The Morgan fingerprint density at radius 3 is 2.27 bits per heavy atom. The van der Waals surface area contributed by atoms with Crippen molar-refractivity contribution < 1.29 is 19.1 Å². The summed E-state index contributed by atoms with van der Waals surface area (Å²) in [5.41, 5.74) is 0.901. The van der Waals surface area contributed by atoms with Gasteiger partial charge in [0.1, 0.15) is 12.3 Å². The predicted molar refractivity (Wildman–Crippen MR) is 78.7 cm³/mol. The maximum absolute atomic E-state index is 12.0. The van der Waals surface area contributed by atoms with Crippen LogP contribution < -0.4 is 15.0 Å². The molecule has 1 aliphatic heterocycles. The number of esters is 1. The zero-order chi connectivity index (χ0) is 15.5. The summed E-state index contributed by atoms with van der Waals surface area (Å²) in [6.07, 6.45) is 0. The highest BCUT2D eigenvalue weighted by molar-refractivity contribution is 6.12. The first-order chi connectivity index (χ1) is 10.6. The normalized spacial score (nSPS) is 13.9. The minimum Gasteiger partial charge on any atom is -0.423 e. The van der Waals surface area contributed by atoms with E-state index < -0.39 is 12.0 Å². The van der Waals surface area contributed by atoms with Gasteiger partial charge in [-0.2, -0.15) is 0 Å². The van der Waals surface area contributed by atoms with Gasteiger partial charge in [-0.25, -0.2) is 9.59 Å². The van der Waals surface area contributed by atoms with Gasteiger partial charge in [0, 0.05) is 5.69 Å². The molecule has 0 unspecified atom stereocenters. The molecule has 0 bridgehead atoms. The second kappa shape index (κ2) is 5.69. The molecule has 6 nitrogen and oxygen atoms in total. The van der Waals surface area contributed by atoms with E-state index >= 15 is 0 Å². The number of hydrogen-bond acceptors (Lipinski definition) is 4. The van der Waals surface area contributed by atoms with Crippen LogP contribution >= 0.6 is 0 Å². The lowest BCUT2D eigenvalue weighted by Crippen LogP contribution is -2.27. The Hall–Kier alpha value is -3.15. The summed E-state index contributed by atoms with van der Waals surface area (Å²) < 4.78 is 5.22. The minimum absolute atomic E-state index is 0.0212. The van der Waals surface area contributed by atoms with Crippen molar-refractivity contribution in [3.63, 3.8) is 0 Å². The van der Waals surface area contributed by atoms with Crippen LogP contribution in [-0.2, 0) is 4.79 Å². The van der Waals surface area contributed by atoms with Crippen molar-refractivity contribution in [1.29, 1.82) is 0 Å². The van der Waals surface area contributed by atoms with Gasteiger partial charge < -0.3 is 4.74 Å². The Morgan fingerprint density at radius 2 is 1.68 bits per heavy atom. The van der Waals surface area contributed by atoms with Crippen LogP contribution in [0.3, 0.4) is 0 Å². The number of ether oxygens (including phenoxy) is 1. The Balaban J connectivity index is 1.73. The third-order valence-electron chi connectivity index (χ3n) is 3.16. The van der Waals surface area contributed by atoms with Gasteiger partial charge in [0.15, 0.2) is 0 Å². The molecule has 1 N–H and O–H groups in total. The molecule has 110 valence electrons. The third-order valence-corrected chi connectivity index (χ3v) is 3.16. The molecule has 0 radical (unpaired) electrons. The average molecular weight is 296 g/mol.